The topological polar surface area (TPSA) is 130 Å². The third kappa shape index (κ3) is 8.85. The Hall–Kier alpha value is -0.470. The van der Waals surface area contributed by atoms with E-state index in [4.69, 9.17) is 9.79 Å². The molecule has 130 valence electrons. The van der Waals surface area contributed by atoms with Gasteiger partial charge in [-0.25, -0.2) is 13.0 Å². The molecule has 8 nitrogen and oxygen atoms in total. The smallest absolute Gasteiger partial charge is 0.356 e. The molecule has 0 saturated heterocycles. The fourth-order valence-corrected chi connectivity index (χ4v) is 5.32. The van der Waals surface area contributed by atoms with E-state index in [0.717, 1.165) is 25.7 Å². The molecule has 10 heteroatoms. The summed E-state index contributed by atoms with van der Waals surface area (Å²) in [5, 5.41) is 2.45. The molecule has 0 spiro atoms. The van der Waals surface area contributed by atoms with Crippen LogP contribution in [0.25, 0.3) is 0 Å². The maximum absolute atomic E-state index is 12.2. The molecule has 0 aromatic carbocycles. The molecule has 1 fully saturated rings. The summed E-state index contributed by atoms with van der Waals surface area (Å²) in [5.74, 6) is -0.609. The first-order valence-electron chi connectivity index (χ1n) is 7.26. The van der Waals surface area contributed by atoms with Crippen LogP contribution >= 0.6 is 7.82 Å². The van der Waals surface area contributed by atoms with E-state index in [1.165, 1.54) is 6.92 Å². The highest BCUT2D eigenvalue weighted by molar-refractivity contribution is 7.91. The number of hydrogen-bond acceptors (Lipinski definition) is 5. The Labute approximate surface area is 130 Å². The van der Waals surface area contributed by atoms with Crippen molar-refractivity contribution in [3.63, 3.8) is 0 Å². The minimum Gasteiger partial charge on any atom is -0.356 e. The zero-order valence-electron chi connectivity index (χ0n) is 12.6. The van der Waals surface area contributed by atoms with Gasteiger partial charge in [-0.2, -0.15) is 0 Å². The number of amides is 1. The van der Waals surface area contributed by atoms with Crippen LogP contribution in [-0.2, 0) is 23.7 Å². The third-order valence-corrected chi connectivity index (χ3v) is 5.96. The Morgan fingerprint density at radius 3 is 2.45 bits per heavy atom. The van der Waals surface area contributed by atoms with Gasteiger partial charge in [-0.05, 0) is 25.2 Å². The average molecular weight is 357 g/mol. The van der Waals surface area contributed by atoms with Crippen molar-refractivity contribution in [1.82, 2.24) is 5.32 Å². The number of hydrogen-bond donors (Lipinski definition) is 3. The number of phosphoric ester groups is 1. The molecule has 3 N–H and O–H groups in total. The van der Waals surface area contributed by atoms with Gasteiger partial charge in [-0.15, -0.1) is 0 Å². The molecule has 1 aliphatic carbocycles. The molecule has 1 unspecified atom stereocenters. The first-order valence-corrected chi connectivity index (χ1v) is 10.6. The van der Waals surface area contributed by atoms with Crippen molar-refractivity contribution in [2.75, 3.05) is 18.1 Å². The predicted molar refractivity (Wildman–Crippen MR) is 80.8 cm³/mol. The number of rotatable bonds is 9. The van der Waals surface area contributed by atoms with Gasteiger partial charge in [0, 0.05) is 13.5 Å². The van der Waals surface area contributed by atoms with Gasteiger partial charge in [0.25, 0.3) is 0 Å². The molecule has 1 rings (SSSR count). The zero-order valence-corrected chi connectivity index (χ0v) is 14.3. The highest BCUT2D eigenvalue weighted by Crippen LogP contribution is 2.38. The average Bonchev–Trinajstić information content (AvgIpc) is 2.77. The van der Waals surface area contributed by atoms with Gasteiger partial charge in [0.2, 0.25) is 5.91 Å². The molecule has 1 saturated carbocycles. The Morgan fingerprint density at radius 2 is 1.95 bits per heavy atom. The van der Waals surface area contributed by atoms with Crippen LogP contribution < -0.4 is 5.32 Å². The molecule has 0 aromatic heterocycles. The Morgan fingerprint density at radius 1 is 1.36 bits per heavy atom. The van der Waals surface area contributed by atoms with Crippen molar-refractivity contribution >= 4 is 23.6 Å². The van der Waals surface area contributed by atoms with Crippen molar-refractivity contribution in [1.29, 1.82) is 0 Å². The van der Waals surface area contributed by atoms with Crippen LogP contribution in [0.15, 0.2) is 0 Å². The second-order valence-electron chi connectivity index (χ2n) is 5.72. The SMILES string of the molecule is CC(=O)NCCC(CS(=O)(=O)CC1CCCC1)OP(=O)(O)O. The number of sulfone groups is 1. The number of carbonyl (C=O) groups is 1. The van der Waals surface area contributed by atoms with E-state index in [1.807, 2.05) is 0 Å². The van der Waals surface area contributed by atoms with Gasteiger partial charge in [-0.1, -0.05) is 12.8 Å². The number of carbonyl (C=O) groups excluding carboxylic acids is 1. The summed E-state index contributed by atoms with van der Waals surface area (Å²) in [6.07, 6.45) is 2.66. The van der Waals surface area contributed by atoms with Crippen LogP contribution in [0.4, 0.5) is 0 Å². The monoisotopic (exact) mass is 357 g/mol. The molecular weight excluding hydrogens is 333 g/mol. The Balaban J connectivity index is 2.60. The van der Waals surface area contributed by atoms with Crippen LogP contribution in [0.1, 0.15) is 39.0 Å². The van der Waals surface area contributed by atoms with Crippen molar-refractivity contribution in [2.45, 2.75) is 45.1 Å². The zero-order chi connectivity index (χ0) is 16.8. The first-order chi connectivity index (χ1) is 10.1. The second kappa shape index (κ2) is 8.40. The summed E-state index contributed by atoms with van der Waals surface area (Å²) in [6, 6.07) is 0. The van der Waals surface area contributed by atoms with Crippen molar-refractivity contribution in [2.24, 2.45) is 5.92 Å². The fourth-order valence-electron chi connectivity index (χ4n) is 2.66. The fraction of sp³-hybridized carbons (Fsp3) is 0.917. The van der Waals surface area contributed by atoms with Crippen molar-refractivity contribution in [3.05, 3.63) is 0 Å². The lowest BCUT2D eigenvalue weighted by molar-refractivity contribution is -0.119. The van der Waals surface area contributed by atoms with Gasteiger partial charge >= 0.3 is 7.82 Å². The van der Waals surface area contributed by atoms with E-state index in [9.17, 15) is 17.8 Å². The molecule has 0 radical (unpaired) electrons. The van der Waals surface area contributed by atoms with E-state index in [2.05, 4.69) is 9.84 Å². The summed E-state index contributed by atoms with van der Waals surface area (Å²) in [4.78, 5) is 28.6. The second-order valence-corrected chi connectivity index (χ2v) is 9.06. The van der Waals surface area contributed by atoms with Gasteiger partial charge in [-0.3, -0.25) is 9.32 Å². The third-order valence-electron chi connectivity index (χ3n) is 3.53. The van der Waals surface area contributed by atoms with Crippen LogP contribution in [0.2, 0.25) is 0 Å². The summed E-state index contributed by atoms with van der Waals surface area (Å²) in [7, 11) is -8.25. The molecule has 0 bridgehead atoms. The predicted octanol–water partition coefficient (Wildman–Crippen LogP) is 0.595. The quantitative estimate of drug-likeness (QED) is 0.515. The normalized spacial score (nSPS) is 18.3. The van der Waals surface area contributed by atoms with Crippen LogP contribution in [0.5, 0.6) is 0 Å². The first kappa shape index (κ1) is 19.6. The maximum atomic E-state index is 12.2. The lowest BCUT2D eigenvalue weighted by atomic mass is 10.1. The molecule has 0 aliphatic heterocycles. The summed E-state index contributed by atoms with van der Waals surface area (Å²) in [6.45, 7) is 1.40. The summed E-state index contributed by atoms with van der Waals surface area (Å²) >= 11 is 0. The van der Waals surface area contributed by atoms with E-state index in [1.54, 1.807) is 0 Å². The molecule has 1 aliphatic rings. The molecule has 1 atom stereocenters. The van der Waals surface area contributed by atoms with Crippen LogP contribution in [-0.4, -0.2) is 48.3 Å². The summed E-state index contributed by atoms with van der Waals surface area (Å²) < 4.78 is 39.8. The lowest BCUT2D eigenvalue weighted by Gasteiger charge is -2.19. The van der Waals surface area contributed by atoms with Crippen LogP contribution in [0.3, 0.4) is 0 Å². The van der Waals surface area contributed by atoms with E-state index < -0.39 is 29.5 Å². The van der Waals surface area contributed by atoms with Gasteiger partial charge in [0.15, 0.2) is 9.84 Å². The molecule has 0 heterocycles. The number of nitrogens with one attached hydrogen (secondary N) is 1. The van der Waals surface area contributed by atoms with Gasteiger partial charge in [0.05, 0.1) is 17.6 Å². The van der Waals surface area contributed by atoms with Gasteiger partial charge < -0.3 is 15.1 Å². The molecule has 0 aromatic rings. The lowest BCUT2D eigenvalue weighted by Crippen LogP contribution is -2.31. The maximum Gasteiger partial charge on any atom is 0.469 e. The molecular formula is C12H24NO7PS. The van der Waals surface area contributed by atoms with E-state index in [0.29, 0.717) is 0 Å². The Bertz CT molecular complexity index is 510. The van der Waals surface area contributed by atoms with Crippen molar-refractivity contribution < 1.29 is 32.1 Å². The van der Waals surface area contributed by atoms with Crippen LogP contribution in [0, 0.1) is 5.92 Å². The summed E-state index contributed by atoms with van der Waals surface area (Å²) in [5.41, 5.74) is 0. The standard InChI is InChI=1S/C12H24NO7PS/c1-10(14)13-7-6-12(20-21(15,16)17)9-22(18,19)8-11-4-2-3-5-11/h11-12H,2-9H2,1H3,(H,13,14)(H2,15,16,17). The largest absolute Gasteiger partial charge is 0.469 e. The number of phosphoric acid groups is 1. The highest BCUT2D eigenvalue weighted by atomic mass is 32.2. The minimum absolute atomic E-state index is 0.0220. The highest BCUT2D eigenvalue weighted by Gasteiger charge is 2.29. The molecule has 1 amide bonds. The van der Waals surface area contributed by atoms with Crippen molar-refractivity contribution in [3.8, 4) is 0 Å². The molecule has 22 heavy (non-hydrogen) atoms. The van der Waals surface area contributed by atoms with E-state index >= 15 is 0 Å². The van der Waals surface area contributed by atoms with Gasteiger partial charge in [0.1, 0.15) is 0 Å². The minimum atomic E-state index is -4.78. The Kier molecular flexibility index (Phi) is 7.48. The van der Waals surface area contributed by atoms with E-state index in [-0.39, 0.29) is 30.5 Å².